The molecule has 2 heterocycles. The highest BCUT2D eigenvalue weighted by Gasteiger charge is 2.68. The Labute approximate surface area is 154 Å². The van der Waals surface area contributed by atoms with Crippen molar-refractivity contribution in [1.82, 2.24) is 10.3 Å². The number of amides is 3. The van der Waals surface area contributed by atoms with Crippen LogP contribution in [0.5, 0.6) is 0 Å². The second-order valence-corrected chi connectivity index (χ2v) is 6.80. The number of nitrogens with zero attached hydrogens (tertiary/aromatic N) is 2. The van der Waals surface area contributed by atoms with E-state index < -0.39 is 23.8 Å². The Morgan fingerprint density at radius 3 is 2.37 bits per heavy atom. The number of imide groups is 1. The van der Waals surface area contributed by atoms with E-state index in [1.54, 1.807) is 35.6 Å². The molecule has 0 radical (unpaired) electrons. The standard InChI is InChI=1S/C17H11F3N4O2S/c18-17(19,20)16(22-14-21-11-8-4-5-9-12(11)27-14)13(25)24(15(26)23-16)10-6-2-1-3-7-10/h1-9H,(H,21,22)(H,23,26)/t16-/m1/s1. The molecule has 3 amide bonds. The van der Waals surface area contributed by atoms with Crippen LogP contribution in [0, 0.1) is 0 Å². The Balaban J connectivity index is 1.77. The van der Waals surface area contributed by atoms with Gasteiger partial charge in [-0.15, -0.1) is 0 Å². The average molecular weight is 392 g/mol. The number of carbonyl (C=O) groups is 2. The van der Waals surface area contributed by atoms with E-state index in [0.717, 1.165) is 11.3 Å². The zero-order chi connectivity index (χ0) is 19.2. The first kappa shape index (κ1) is 17.3. The van der Waals surface area contributed by atoms with Crippen LogP contribution in [-0.2, 0) is 4.79 Å². The van der Waals surface area contributed by atoms with Crippen LogP contribution in [0.3, 0.4) is 0 Å². The molecule has 0 spiro atoms. The molecule has 0 bridgehead atoms. The average Bonchev–Trinajstić information content (AvgIpc) is 3.14. The quantitative estimate of drug-likeness (QED) is 0.667. The normalized spacial score (nSPS) is 20.2. The number of urea groups is 1. The fourth-order valence-corrected chi connectivity index (χ4v) is 3.70. The van der Waals surface area contributed by atoms with E-state index in [1.165, 1.54) is 24.3 Å². The van der Waals surface area contributed by atoms with Crippen molar-refractivity contribution < 1.29 is 22.8 Å². The molecule has 3 aromatic rings. The summed E-state index contributed by atoms with van der Waals surface area (Å²) in [4.78, 5) is 29.5. The molecule has 138 valence electrons. The van der Waals surface area contributed by atoms with Crippen molar-refractivity contribution in [3.63, 3.8) is 0 Å². The predicted molar refractivity (Wildman–Crippen MR) is 94.5 cm³/mol. The lowest BCUT2D eigenvalue weighted by molar-refractivity contribution is -0.185. The zero-order valence-electron chi connectivity index (χ0n) is 13.4. The number of halogens is 3. The van der Waals surface area contributed by atoms with Gasteiger partial charge in [0.2, 0.25) is 0 Å². The van der Waals surface area contributed by atoms with Gasteiger partial charge in [0, 0.05) is 0 Å². The number of hydrogen-bond acceptors (Lipinski definition) is 5. The first-order valence-electron chi connectivity index (χ1n) is 7.74. The van der Waals surface area contributed by atoms with Gasteiger partial charge in [-0.25, -0.2) is 14.7 Å². The molecule has 1 saturated heterocycles. The topological polar surface area (TPSA) is 74.3 Å². The van der Waals surface area contributed by atoms with Gasteiger partial charge in [-0.1, -0.05) is 41.7 Å². The van der Waals surface area contributed by atoms with Gasteiger partial charge in [-0.2, -0.15) is 13.2 Å². The molecule has 10 heteroatoms. The highest BCUT2D eigenvalue weighted by molar-refractivity contribution is 7.22. The minimum Gasteiger partial charge on any atom is -0.323 e. The zero-order valence-corrected chi connectivity index (χ0v) is 14.3. The fourth-order valence-electron chi connectivity index (χ4n) is 2.78. The van der Waals surface area contributed by atoms with Gasteiger partial charge in [0.25, 0.3) is 11.6 Å². The number of thiazole rings is 1. The van der Waals surface area contributed by atoms with Crippen molar-refractivity contribution in [3.8, 4) is 0 Å². The second kappa shape index (κ2) is 5.95. The van der Waals surface area contributed by atoms with E-state index in [0.29, 0.717) is 15.1 Å². The third-order valence-electron chi connectivity index (χ3n) is 4.05. The van der Waals surface area contributed by atoms with E-state index >= 15 is 0 Å². The fraction of sp³-hybridized carbons (Fsp3) is 0.118. The van der Waals surface area contributed by atoms with Crippen molar-refractivity contribution in [2.24, 2.45) is 0 Å². The summed E-state index contributed by atoms with van der Waals surface area (Å²) in [5, 5.41) is 3.76. The number of hydrogen-bond donors (Lipinski definition) is 2. The Hall–Kier alpha value is -3.14. The van der Waals surface area contributed by atoms with Crippen LogP contribution in [0.4, 0.5) is 28.8 Å². The molecule has 1 aliphatic heterocycles. The SMILES string of the molecule is O=C1N[C@@](Nc2nc3ccccc3s2)(C(F)(F)F)C(=O)N1c1ccccc1. The maximum absolute atomic E-state index is 13.9. The van der Waals surface area contributed by atoms with E-state index in [4.69, 9.17) is 0 Å². The first-order chi connectivity index (χ1) is 12.8. The third-order valence-corrected chi connectivity index (χ3v) is 5.00. The number of anilines is 2. The summed E-state index contributed by atoms with van der Waals surface area (Å²) in [7, 11) is 0. The number of benzene rings is 2. The molecule has 1 fully saturated rings. The van der Waals surface area contributed by atoms with Gasteiger partial charge >= 0.3 is 12.2 Å². The molecule has 1 aliphatic rings. The second-order valence-electron chi connectivity index (χ2n) is 5.77. The van der Waals surface area contributed by atoms with Crippen molar-refractivity contribution in [2.75, 3.05) is 10.2 Å². The summed E-state index contributed by atoms with van der Waals surface area (Å²) in [6, 6.07) is 13.0. The van der Waals surface area contributed by atoms with E-state index in [-0.39, 0.29) is 10.8 Å². The number of rotatable bonds is 3. The van der Waals surface area contributed by atoms with Crippen molar-refractivity contribution in [1.29, 1.82) is 0 Å². The smallest absolute Gasteiger partial charge is 0.323 e. The maximum atomic E-state index is 13.9. The molecule has 0 unspecified atom stereocenters. The Bertz CT molecular complexity index is 1000. The van der Waals surface area contributed by atoms with Crippen LogP contribution < -0.4 is 15.5 Å². The monoisotopic (exact) mass is 392 g/mol. The molecule has 6 nitrogen and oxygen atoms in total. The Kier molecular flexibility index (Phi) is 3.81. The molecule has 4 rings (SSSR count). The van der Waals surface area contributed by atoms with E-state index in [2.05, 4.69) is 10.3 Å². The molecule has 1 aromatic heterocycles. The number of carbonyl (C=O) groups excluding carboxylic acids is 2. The molecule has 0 aliphatic carbocycles. The van der Waals surface area contributed by atoms with Crippen LogP contribution in [0.25, 0.3) is 10.2 Å². The number of para-hydroxylation sites is 2. The first-order valence-corrected chi connectivity index (χ1v) is 8.56. The summed E-state index contributed by atoms with van der Waals surface area (Å²) in [5.74, 6) is -1.47. The van der Waals surface area contributed by atoms with E-state index in [1.807, 2.05) is 0 Å². The lowest BCUT2D eigenvalue weighted by Crippen LogP contribution is -2.64. The van der Waals surface area contributed by atoms with Crippen LogP contribution in [0.1, 0.15) is 0 Å². The molecule has 1 atom stereocenters. The molecule has 27 heavy (non-hydrogen) atoms. The van der Waals surface area contributed by atoms with Crippen LogP contribution in [0.15, 0.2) is 54.6 Å². The van der Waals surface area contributed by atoms with Crippen LogP contribution in [0.2, 0.25) is 0 Å². The van der Waals surface area contributed by atoms with Gasteiger partial charge in [0.05, 0.1) is 15.9 Å². The predicted octanol–water partition coefficient (Wildman–Crippen LogP) is 3.72. The molecular weight excluding hydrogens is 381 g/mol. The van der Waals surface area contributed by atoms with Crippen molar-refractivity contribution in [3.05, 3.63) is 54.6 Å². The van der Waals surface area contributed by atoms with E-state index in [9.17, 15) is 22.8 Å². The number of aromatic nitrogens is 1. The minimum absolute atomic E-state index is 0.0391. The number of fused-ring (bicyclic) bond motifs is 1. The van der Waals surface area contributed by atoms with Crippen LogP contribution >= 0.6 is 11.3 Å². The molecule has 0 saturated carbocycles. The summed E-state index contributed by atoms with van der Waals surface area (Å²) >= 11 is 0.955. The third kappa shape index (κ3) is 2.69. The van der Waals surface area contributed by atoms with Gasteiger partial charge in [-0.05, 0) is 24.3 Å². The molecule has 2 aromatic carbocycles. The van der Waals surface area contributed by atoms with Crippen LogP contribution in [-0.4, -0.2) is 28.8 Å². The summed E-state index contributed by atoms with van der Waals surface area (Å²) in [5.41, 5.74) is -2.77. The molecule has 2 N–H and O–H groups in total. The largest absolute Gasteiger partial charge is 0.440 e. The summed E-state index contributed by atoms with van der Waals surface area (Å²) in [6.07, 6.45) is -5.10. The van der Waals surface area contributed by atoms with Gasteiger partial charge in [-0.3, -0.25) is 10.1 Å². The Morgan fingerprint density at radius 2 is 1.70 bits per heavy atom. The highest BCUT2D eigenvalue weighted by atomic mass is 32.1. The summed E-state index contributed by atoms with van der Waals surface area (Å²) in [6.45, 7) is 0. The van der Waals surface area contributed by atoms with Gasteiger partial charge in [0.1, 0.15) is 0 Å². The van der Waals surface area contributed by atoms with Crippen molar-refractivity contribution in [2.45, 2.75) is 11.8 Å². The minimum atomic E-state index is -5.10. The Morgan fingerprint density at radius 1 is 1.04 bits per heavy atom. The van der Waals surface area contributed by atoms with Gasteiger partial charge in [0.15, 0.2) is 5.13 Å². The van der Waals surface area contributed by atoms with Crippen molar-refractivity contribution >= 4 is 44.3 Å². The highest BCUT2D eigenvalue weighted by Crippen LogP contribution is 2.39. The lowest BCUT2D eigenvalue weighted by Gasteiger charge is -2.29. The lowest BCUT2D eigenvalue weighted by atomic mass is 10.1. The maximum Gasteiger partial charge on any atom is 0.440 e. The van der Waals surface area contributed by atoms with Gasteiger partial charge < -0.3 is 5.32 Å². The number of alkyl halides is 3. The molecular formula is C17H11F3N4O2S. The number of nitrogens with one attached hydrogen (secondary N) is 2. The summed E-state index contributed by atoms with van der Waals surface area (Å²) < 4.78 is 42.4.